The lowest BCUT2D eigenvalue weighted by Crippen LogP contribution is -2.24. The minimum Gasteiger partial charge on any atom is -0.393 e. The van der Waals surface area contributed by atoms with Crippen LogP contribution in [-0.2, 0) is 6.18 Å². The van der Waals surface area contributed by atoms with Gasteiger partial charge in [-0.1, -0.05) is 12.1 Å². The Hall–Kier alpha value is -1.23. The molecule has 0 radical (unpaired) electrons. The fourth-order valence-corrected chi connectivity index (χ4v) is 1.55. The smallest absolute Gasteiger partial charge is 0.393 e. The molecule has 96 valence electrons. The molecule has 17 heavy (non-hydrogen) atoms. The second-order valence-corrected chi connectivity index (χ2v) is 4.07. The molecule has 2 nitrogen and oxygen atoms in total. The molecule has 0 amide bonds. The van der Waals surface area contributed by atoms with Gasteiger partial charge in [0.1, 0.15) is 0 Å². The maximum absolute atomic E-state index is 12.7. The highest BCUT2D eigenvalue weighted by Crippen LogP contribution is 2.35. The van der Waals surface area contributed by atoms with E-state index in [1.165, 1.54) is 17.0 Å². The van der Waals surface area contributed by atoms with Crippen molar-refractivity contribution < 1.29 is 18.3 Å². The lowest BCUT2D eigenvalue weighted by molar-refractivity contribution is -0.137. The minimum atomic E-state index is -4.35. The average Bonchev–Trinajstić information content (AvgIpc) is 2.24. The Labute approximate surface area is 98.7 Å². The third-order valence-electron chi connectivity index (χ3n) is 2.50. The third-order valence-corrected chi connectivity index (χ3v) is 2.50. The van der Waals surface area contributed by atoms with Crippen molar-refractivity contribution in [2.24, 2.45) is 0 Å². The molecule has 0 aromatic heterocycles. The Kier molecular flexibility index (Phi) is 4.40. The van der Waals surface area contributed by atoms with Crippen molar-refractivity contribution >= 4 is 5.69 Å². The van der Waals surface area contributed by atoms with Crippen LogP contribution in [0, 0.1) is 0 Å². The lowest BCUT2D eigenvalue weighted by Gasteiger charge is -2.23. The number of hydrogen-bond acceptors (Lipinski definition) is 2. The maximum Gasteiger partial charge on any atom is 0.418 e. The van der Waals surface area contributed by atoms with Gasteiger partial charge < -0.3 is 10.0 Å². The zero-order valence-electron chi connectivity index (χ0n) is 9.83. The van der Waals surface area contributed by atoms with Gasteiger partial charge in [-0.2, -0.15) is 13.2 Å². The first-order valence-corrected chi connectivity index (χ1v) is 5.38. The van der Waals surface area contributed by atoms with E-state index in [0.29, 0.717) is 13.0 Å². The molecule has 5 heteroatoms. The second kappa shape index (κ2) is 5.40. The number of anilines is 1. The van der Waals surface area contributed by atoms with E-state index in [1.807, 2.05) is 0 Å². The van der Waals surface area contributed by atoms with Crippen molar-refractivity contribution in [2.45, 2.75) is 25.6 Å². The predicted molar refractivity (Wildman–Crippen MR) is 61.0 cm³/mol. The molecule has 0 spiro atoms. The lowest BCUT2D eigenvalue weighted by atomic mass is 10.1. The molecular formula is C12H16F3NO. The first kappa shape index (κ1) is 13.8. The van der Waals surface area contributed by atoms with Crippen LogP contribution in [0.25, 0.3) is 0 Å². The third kappa shape index (κ3) is 3.93. The van der Waals surface area contributed by atoms with Gasteiger partial charge in [0.15, 0.2) is 0 Å². The molecule has 0 fully saturated rings. The van der Waals surface area contributed by atoms with Crippen LogP contribution in [0.1, 0.15) is 18.9 Å². The van der Waals surface area contributed by atoms with Crippen molar-refractivity contribution in [3.05, 3.63) is 29.8 Å². The molecule has 0 aliphatic heterocycles. The SMILES string of the molecule is CC(O)CCN(C)c1ccccc1C(F)(F)F. The normalized spacial score (nSPS) is 13.5. The summed E-state index contributed by atoms with van der Waals surface area (Å²) in [6.45, 7) is 1.99. The molecule has 1 rings (SSSR count). The molecular weight excluding hydrogens is 231 g/mol. The van der Waals surface area contributed by atoms with Crippen molar-refractivity contribution in [1.82, 2.24) is 0 Å². The van der Waals surface area contributed by atoms with Gasteiger partial charge in [-0.25, -0.2) is 0 Å². The predicted octanol–water partition coefficient (Wildman–Crippen LogP) is 2.91. The molecule has 0 heterocycles. The van der Waals surface area contributed by atoms with Gasteiger partial charge in [0, 0.05) is 19.3 Å². The fraction of sp³-hybridized carbons (Fsp3) is 0.500. The number of hydrogen-bond donors (Lipinski definition) is 1. The van der Waals surface area contributed by atoms with Crippen LogP contribution >= 0.6 is 0 Å². The van der Waals surface area contributed by atoms with Crippen LogP contribution in [-0.4, -0.2) is 24.8 Å². The van der Waals surface area contributed by atoms with Crippen LogP contribution < -0.4 is 4.90 Å². The Balaban J connectivity index is 2.89. The van der Waals surface area contributed by atoms with E-state index in [0.717, 1.165) is 6.07 Å². The number of aliphatic hydroxyl groups excluding tert-OH is 1. The van der Waals surface area contributed by atoms with Crippen molar-refractivity contribution in [1.29, 1.82) is 0 Å². The number of halogens is 3. The summed E-state index contributed by atoms with van der Waals surface area (Å²) in [6.07, 6.45) is -4.44. The molecule has 1 N–H and O–H groups in total. The van der Waals surface area contributed by atoms with Crippen molar-refractivity contribution in [3.63, 3.8) is 0 Å². The summed E-state index contributed by atoms with van der Waals surface area (Å²) < 4.78 is 38.2. The van der Waals surface area contributed by atoms with Crippen LogP contribution in [0.15, 0.2) is 24.3 Å². The van der Waals surface area contributed by atoms with Gasteiger partial charge in [-0.15, -0.1) is 0 Å². The number of aliphatic hydroxyl groups is 1. The maximum atomic E-state index is 12.7. The summed E-state index contributed by atoms with van der Waals surface area (Å²) in [5, 5.41) is 9.13. The highest BCUT2D eigenvalue weighted by molar-refractivity contribution is 5.54. The molecule has 0 bridgehead atoms. The first-order chi connectivity index (χ1) is 7.82. The van der Waals surface area contributed by atoms with Crippen LogP contribution in [0.5, 0.6) is 0 Å². The first-order valence-electron chi connectivity index (χ1n) is 5.38. The number of benzene rings is 1. The Morgan fingerprint density at radius 1 is 1.29 bits per heavy atom. The molecule has 0 aliphatic carbocycles. The molecule has 0 saturated carbocycles. The minimum absolute atomic E-state index is 0.139. The summed E-state index contributed by atoms with van der Waals surface area (Å²) in [7, 11) is 1.59. The summed E-state index contributed by atoms with van der Waals surface area (Å²) >= 11 is 0. The molecule has 1 atom stereocenters. The van der Waals surface area contributed by atoms with Crippen LogP contribution in [0.3, 0.4) is 0 Å². The number of alkyl halides is 3. The van der Waals surface area contributed by atoms with E-state index in [9.17, 15) is 13.2 Å². The van der Waals surface area contributed by atoms with Gasteiger partial charge in [-0.05, 0) is 25.5 Å². The quantitative estimate of drug-likeness (QED) is 0.884. The van der Waals surface area contributed by atoms with E-state index in [-0.39, 0.29) is 5.69 Å². The van der Waals surface area contributed by atoms with Gasteiger partial charge in [-0.3, -0.25) is 0 Å². The van der Waals surface area contributed by atoms with E-state index in [4.69, 9.17) is 5.11 Å². The van der Waals surface area contributed by atoms with Gasteiger partial charge in [0.05, 0.1) is 11.7 Å². The molecule has 0 saturated heterocycles. The summed E-state index contributed by atoms with van der Waals surface area (Å²) in [5.41, 5.74) is -0.506. The second-order valence-electron chi connectivity index (χ2n) is 4.07. The highest BCUT2D eigenvalue weighted by atomic mass is 19.4. The van der Waals surface area contributed by atoms with E-state index < -0.39 is 17.8 Å². The average molecular weight is 247 g/mol. The standard InChI is InChI=1S/C12H16F3NO/c1-9(17)7-8-16(2)11-6-4-3-5-10(11)12(13,14)15/h3-6,9,17H,7-8H2,1-2H3. The van der Waals surface area contributed by atoms with Crippen LogP contribution in [0.4, 0.5) is 18.9 Å². The van der Waals surface area contributed by atoms with E-state index in [2.05, 4.69) is 0 Å². The van der Waals surface area contributed by atoms with Crippen LogP contribution in [0.2, 0.25) is 0 Å². The van der Waals surface area contributed by atoms with Crippen molar-refractivity contribution in [2.75, 3.05) is 18.5 Å². The van der Waals surface area contributed by atoms with E-state index in [1.54, 1.807) is 20.0 Å². The molecule has 1 unspecified atom stereocenters. The summed E-state index contributed by atoms with van der Waals surface area (Å²) in [4.78, 5) is 1.51. The van der Waals surface area contributed by atoms with Gasteiger partial charge >= 0.3 is 6.18 Å². The monoisotopic (exact) mass is 247 g/mol. The van der Waals surface area contributed by atoms with E-state index >= 15 is 0 Å². The molecule has 1 aromatic rings. The van der Waals surface area contributed by atoms with Crippen molar-refractivity contribution in [3.8, 4) is 0 Å². The number of rotatable bonds is 4. The highest BCUT2D eigenvalue weighted by Gasteiger charge is 2.33. The van der Waals surface area contributed by atoms with Gasteiger partial charge in [0.25, 0.3) is 0 Å². The molecule has 1 aromatic carbocycles. The Morgan fingerprint density at radius 2 is 1.88 bits per heavy atom. The Morgan fingerprint density at radius 3 is 2.41 bits per heavy atom. The largest absolute Gasteiger partial charge is 0.418 e. The summed E-state index contributed by atoms with van der Waals surface area (Å²) in [6, 6.07) is 5.44. The fourth-order valence-electron chi connectivity index (χ4n) is 1.55. The topological polar surface area (TPSA) is 23.5 Å². The zero-order valence-corrected chi connectivity index (χ0v) is 9.83. The zero-order chi connectivity index (χ0) is 13.1. The Bertz CT molecular complexity index is 363. The summed E-state index contributed by atoms with van der Waals surface area (Å²) in [5.74, 6) is 0. The van der Waals surface area contributed by atoms with Gasteiger partial charge in [0.2, 0.25) is 0 Å². The number of nitrogens with zero attached hydrogens (tertiary/aromatic N) is 1. The molecule has 0 aliphatic rings. The number of para-hydroxylation sites is 1.